The van der Waals surface area contributed by atoms with Crippen LogP contribution in [0.3, 0.4) is 0 Å². The zero-order valence-electron chi connectivity index (χ0n) is 10.5. The number of hydrogen-bond donors (Lipinski definition) is 1. The van der Waals surface area contributed by atoms with Crippen molar-refractivity contribution in [3.8, 4) is 0 Å². The monoisotopic (exact) mass is 201 g/mol. The second-order valence-electron chi connectivity index (χ2n) is 4.91. The third-order valence-electron chi connectivity index (χ3n) is 2.04. The Hall–Kier alpha value is -0.0800. The van der Waals surface area contributed by atoms with Crippen molar-refractivity contribution < 1.29 is 4.74 Å². The van der Waals surface area contributed by atoms with Gasteiger partial charge in [0.15, 0.2) is 0 Å². The first-order valence-electron chi connectivity index (χ1n) is 5.84. The van der Waals surface area contributed by atoms with E-state index in [1.54, 1.807) is 0 Å². The largest absolute Gasteiger partial charge is 0.377 e. The van der Waals surface area contributed by atoms with E-state index in [1.807, 2.05) is 0 Å². The molecule has 0 aliphatic carbocycles. The Balaban J connectivity index is 3.19. The lowest BCUT2D eigenvalue weighted by atomic mass is 10.1. The molecule has 0 aromatic rings. The maximum Gasteiger partial charge on any atom is 0.0594 e. The Morgan fingerprint density at radius 2 is 1.64 bits per heavy atom. The van der Waals surface area contributed by atoms with Crippen LogP contribution in [0.1, 0.15) is 41.0 Å². The Morgan fingerprint density at radius 3 is 2.14 bits per heavy atom. The fourth-order valence-electron chi connectivity index (χ4n) is 1.45. The molecule has 0 fully saturated rings. The summed E-state index contributed by atoms with van der Waals surface area (Å²) in [5.74, 6) is 1.46. The van der Waals surface area contributed by atoms with Gasteiger partial charge in [0, 0.05) is 6.54 Å². The summed E-state index contributed by atoms with van der Waals surface area (Å²) < 4.78 is 5.67. The van der Waals surface area contributed by atoms with Crippen LogP contribution in [0.4, 0.5) is 0 Å². The van der Waals surface area contributed by atoms with Crippen LogP contribution in [0.15, 0.2) is 0 Å². The van der Waals surface area contributed by atoms with Gasteiger partial charge >= 0.3 is 0 Å². The molecule has 1 N–H and O–H groups in total. The van der Waals surface area contributed by atoms with Crippen molar-refractivity contribution in [1.29, 1.82) is 0 Å². The summed E-state index contributed by atoms with van der Waals surface area (Å²) in [4.78, 5) is 0. The van der Waals surface area contributed by atoms with Crippen LogP contribution in [0.5, 0.6) is 0 Å². The van der Waals surface area contributed by atoms with Crippen LogP contribution in [0, 0.1) is 11.8 Å². The molecule has 2 heteroatoms. The highest BCUT2D eigenvalue weighted by molar-refractivity contribution is 4.55. The number of ether oxygens (including phenoxy) is 1. The van der Waals surface area contributed by atoms with E-state index in [4.69, 9.17) is 4.74 Å². The van der Waals surface area contributed by atoms with Gasteiger partial charge in [-0.15, -0.1) is 0 Å². The van der Waals surface area contributed by atoms with Gasteiger partial charge in [-0.2, -0.15) is 0 Å². The van der Waals surface area contributed by atoms with Crippen LogP contribution >= 0.6 is 0 Å². The normalized spacial score (nSPS) is 13.9. The summed E-state index contributed by atoms with van der Waals surface area (Å²) in [7, 11) is 0. The van der Waals surface area contributed by atoms with Gasteiger partial charge in [0.05, 0.1) is 12.7 Å². The van der Waals surface area contributed by atoms with Crippen molar-refractivity contribution in [3.05, 3.63) is 0 Å². The smallest absolute Gasteiger partial charge is 0.0594 e. The van der Waals surface area contributed by atoms with Gasteiger partial charge in [-0.3, -0.25) is 0 Å². The molecule has 0 spiro atoms. The van der Waals surface area contributed by atoms with E-state index in [0.717, 1.165) is 38.0 Å². The van der Waals surface area contributed by atoms with Crippen molar-refractivity contribution in [2.75, 3.05) is 19.7 Å². The zero-order chi connectivity index (χ0) is 11.0. The fourth-order valence-corrected chi connectivity index (χ4v) is 1.45. The topological polar surface area (TPSA) is 21.3 Å². The molecular weight excluding hydrogens is 174 g/mol. The maximum atomic E-state index is 5.67. The van der Waals surface area contributed by atoms with Crippen LogP contribution in [-0.4, -0.2) is 25.8 Å². The van der Waals surface area contributed by atoms with Crippen molar-refractivity contribution in [3.63, 3.8) is 0 Å². The Morgan fingerprint density at radius 1 is 1.00 bits per heavy atom. The van der Waals surface area contributed by atoms with E-state index in [-0.39, 0.29) is 0 Å². The van der Waals surface area contributed by atoms with Crippen LogP contribution in [0.25, 0.3) is 0 Å². The summed E-state index contributed by atoms with van der Waals surface area (Å²) in [6, 6.07) is 0. The first kappa shape index (κ1) is 13.9. The summed E-state index contributed by atoms with van der Waals surface area (Å²) >= 11 is 0. The van der Waals surface area contributed by atoms with Crippen molar-refractivity contribution in [2.45, 2.75) is 47.1 Å². The highest BCUT2D eigenvalue weighted by Gasteiger charge is 2.04. The molecule has 86 valence electrons. The minimum absolute atomic E-state index is 0.399. The van der Waals surface area contributed by atoms with Crippen molar-refractivity contribution in [2.24, 2.45) is 11.8 Å². The van der Waals surface area contributed by atoms with E-state index in [9.17, 15) is 0 Å². The molecular formula is C12H27NO. The highest BCUT2D eigenvalue weighted by atomic mass is 16.5. The second-order valence-corrected chi connectivity index (χ2v) is 4.91. The number of nitrogens with one attached hydrogen (secondary N) is 1. The van der Waals surface area contributed by atoms with Crippen molar-refractivity contribution >= 4 is 0 Å². The van der Waals surface area contributed by atoms with E-state index in [2.05, 4.69) is 39.9 Å². The summed E-state index contributed by atoms with van der Waals surface area (Å²) in [5, 5.41) is 3.37. The quantitative estimate of drug-likeness (QED) is 0.610. The molecule has 0 aromatic heterocycles. The standard InChI is InChI=1S/C12H27NO/c1-10(2)8-12(5)14-7-6-13-9-11(3)4/h10-13H,6-9H2,1-5H3. The highest BCUT2D eigenvalue weighted by Crippen LogP contribution is 2.06. The van der Waals surface area contributed by atoms with Gasteiger partial charge in [-0.05, 0) is 31.7 Å². The van der Waals surface area contributed by atoms with Crippen LogP contribution in [0.2, 0.25) is 0 Å². The molecule has 1 unspecified atom stereocenters. The molecule has 1 atom stereocenters. The summed E-state index contributed by atoms with van der Waals surface area (Å²) in [6.45, 7) is 13.9. The maximum absolute atomic E-state index is 5.67. The molecule has 0 bridgehead atoms. The van der Waals surface area contributed by atoms with Crippen LogP contribution in [-0.2, 0) is 4.74 Å². The van der Waals surface area contributed by atoms with E-state index >= 15 is 0 Å². The van der Waals surface area contributed by atoms with Crippen molar-refractivity contribution in [1.82, 2.24) is 5.32 Å². The summed E-state index contributed by atoms with van der Waals surface area (Å²) in [5.41, 5.74) is 0. The molecule has 0 heterocycles. The van der Waals surface area contributed by atoms with E-state index in [1.165, 1.54) is 0 Å². The second kappa shape index (κ2) is 8.25. The predicted molar refractivity (Wildman–Crippen MR) is 62.6 cm³/mol. The predicted octanol–water partition coefficient (Wildman–Crippen LogP) is 2.68. The first-order valence-corrected chi connectivity index (χ1v) is 5.84. The lowest BCUT2D eigenvalue weighted by Crippen LogP contribution is -2.25. The lowest BCUT2D eigenvalue weighted by molar-refractivity contribution is 0.0537. The van der Waals surface area contributed by atoms with E-state index < -0.39 is 0 Å². The SMILES string of the molecule is CC(C)CNCCOC(C)CC(C)C. The molecule has 0 rings (SSSR count). The molecule has 0 amide bonds. The molecule has 0 saturated carbocycles. The molecule has 0 aliphatic rings. The number of hydrogen-bond acceptors (Lipinski definition) is 2. The minimum Gasteiger partial charge on any atom is -0.377 e. The molecule has 0 radical (unpaired) electrons. The van der Waals surface area contributed by atoms with Gasteiger partial charge in [0.2, 0.25) is 0 Å². The average molecular weight is 201 g/mol. The third-order valence-corrected chi connectivity index (χ3v) is 2.04. The Bertz CT molecular complexity index is 123. The van der Waals surface area contributed by atoms with Gasteiger partial charge < -0.3 is 10.1 Å². The molecule has 0 saturated heterocycles. The third kappa shape index (κ3) is 10.0. The number of rotatable bonds is 8. The zero-order valence-corrected chi connectivity index (χ0v) is 10.5. The minimum atomic E-state index is 0.399. The van der Waals surface area contributed by atoms with Gasteiger partial charge in [-0.25, -0.2) is 0 Å². The Kier molecular flexibility index (Phi) is 8.20. The first-order chi connectivity index (χ1) is 6.52. The van der Waals surface area contributed by atoms with E-state index in [0.29, 0.717) is 6.10 Å². The van der Waals surface area contributed by atoms with Gasteiger partial charge in [0.1, 0.15) is 0 Å². The van der Waals surface area contributed by atoms with Crippen LogP contribution < -0.4 is 5.32 Å². The Labute approximate surface area is 89.4 Å². The molecule has 14 heavy (non-hydrogen) atoms. The molecule has 0 aliphatic heterocycles. The molecule has 0 aromatic carbocycles. The lowest BCUT2D eigenvalue weighted by Gasteiger charge is -2.15. The summed E-state index contributed by atoms with van der Waals surface area (Å²) in [6.07, 6.45) is 1.56. The van der Waals surface area contributed by atoms with Gasteiger partial charge in [-0.1, -0.05) is 27.7 Å². The average Bonchev–Trinajstić information content (AvgIpc) is 2.01. The van der Waals surface area contributed by atoms with Gasteiger partial charge in [0.25, 0.3) is 0 Å². The molecule has 2 nitrogen and oxygen atoms in total. The fraction of sp³-hybridized carbons (Fsp3) is 1.00.